The van der Waals surface area contributed by atoms with Gasteiger partial charge >= 0.3 is 0 Å². The van der Waals surface area contributed by atoms with Crippen LogP contribution < -0.4 is 0 Å². The van der Waals surface area contributed by atoms with Crippen molar-refractivity contribution in [2.45, 2.75) is 0 Å². The fourth-order valence-electron chi connectivity index (χ4n) is 0.0333. The Labute approximate surface area is 35.6 Å². The van der Waals surface area contributed by atoms with Gasteiger partial charge in [-0.15, -0.1) is 10.1 Å². The molecule has 0 unspecified atom stereocenters. The van der Waals surface area contributed by atoms with Crippen LogP contribution in [0, 0.1) is 4.91 Å². The van der Waals surface area contributed by atoms with Crippen LogP contribution in [-0.2, 0) is 4.84 Å². The van der Waals surface area contributed by atoms with E-state index in [1.54, 1.807) is 0 Å². The van der Waals surface area contributed by atoms with Crippen LogP contribution >= 0.6 is 0 Å². The van der Waals surface area contributed by atoms with Crippen molar-refractivity contribution in [3.8, 4) is 0 Å². The number of rotatable bonds is 2. The van der Waals surface area contributed by atoms with E-state index in [0.29, 0.717) is 0 Å². The molecule has 0 radical (unpaired) electrons. The third kappa shape index (κ3) is 1.66. The number of nitrogens with zero attached hydrogens (tertiary/aromatic N) is 2. The molecular weight excluding hydrogens is 84.0 g/mol. The van der Waals surface area contributed by atoms with E-state index in [2.05, 4.69) is 10.1 Å². The second-order valence-corrected chi connectivity index (χ2v) is 0.728. The predicted octanol–water partition coefficient (Wildman–Crippen LogP) is 0.161. The fraction of sp³-hybridized carbons (Fsp3) is 1.00. The molecule has 0 saturated heterocycles. The van der Waals surface area contributed by atoms with E-state index in [1.807, 2.05) is 0 Å². The molecule has 0 aliphatic rings. The summed E-state index contributed by atoms with van der Waals surface area (Å²) < 4.78 is 0. The minimum absolute atomic E-state index is 0.819. The molecule has 0 aromatic heterocycles. The van der Waals surface area contributed by atoms with Crippen molar-refractivity contribution >= 4 is 0 Å². The molecule has 36 valence electrons. The largest absolute Gasteiger partial charge is 0.258 e. The quantitative estimate of drug-likeness (QED) is 0.358. The summed E-state index contributed by atoms with van der Waals surface area (Å²) in [5.74, 6) is 0. The smallest absolute Gasteiger partial charge is 0.0786 e. The van der Waals surface area contributed by atoms with Crippen LogP contribution in [0.15, 0.2) is 5.29 Å². The normalized spacial score (nSPS) is 7.67. The Kier molecular flexibility index (Phi) is 2.31. The summed E-state index contributed by atoms with van der Waals surface area (Å²) in [6.07, 6.45) is 0. The summed E-state index contributed by atoms with van der Waals surface area (Å²) in [6.45, 7) is 0. The Hall–Kier alpha value is -0.640. The lowest BCUT2D eigenvalue weighted by molar-refractivity contribution is -0.109. The maximum absolute atomic E-state index is 9.29. The van der Waals surface area contributed by atoms with Crippen molar-refractivity contribution in [2.75, 3.05) is 14.2 Å². The summed E-state index contributed by atoms with van der Waals surface area (Å²) in [6, 6.07) is 0. The Morgan fingerprint density at radius 3 is 2.33 bits per heavy atom. The second-order valence-electron chi connectivity index (χ2n) is 0.728. The van der Waals surface area contributed by atoms with Crippen LogP contribution in [0.2, 0.25) is 0 Å². The average molecular weight is 90.1 g/mol. The SMILES string of the molecule is CON(C)N=O. The van der Waals surface area contributed by atoms with Crippen LogP contribution in [0.1, 0.15) is 0 Å². The van der Waals surface area contributed by atoms with Gasteiger partial charge in [-0.05, 0) is 0 Å². The third-order valence-electron chi connectivity index (χ3n) is 0.379. The van der Waals surface area contributed by atoms with Gasteiger partial charge in [0.2, 0.25) is 0 Å². The number of hydrogen-bond donors (Lipinski definition) is 0. The first-order valence-electron chi connectivity index (χ1n) is 1.42. The zero-order valence-corrected chi connectivity index (χ0v) is 3.71. The van der Waals surface area contributed by atoms with Crippen LogP contribution in [0.3, 0.4) is 0 Å². The van der Waals surface area contributed by atoms with Gasteiger partial charge < -0.3 is 0 Å². The standard InChI is InChI=1S/C2H6N2O2/c1-4(3-5)6-2/h1-2H3. The lowest BCUT2D eigenvalue weighted by atomic mass is 11.5. The molecule has 0 bridgehead atoms. The first-order chi connectivity index (χ1) is 2.81. The molecule has 0 saturated carbocycles. The van der Waals surface area contributed by atoms with Crippen molar-refractivity contribution in [1.29, 1.82) is 0 Å². The maximum atomic E-state index is 9.29. The molecule has 0 fully saturated rings. The molecule has 0 amide bonds. The highest BCUT2D eigenvalue weighted by molar-refractivity contribution is 4.09. The topological polar surface area (TPSA) is 41.9 Å². The highest BCUT2D eigenvalue weighted by Gasteiger charge is 1.80. The Morgan fingerprint density at radius 2 is 2.33 bits per heavy atom. The molecule has 0 aromatic carbocycles. The summed E-state index contributed by atoms with van der Waals surface area (Å²) in [5, 5.41) is 3.19. The van der Waals surface area contributed by atoms with Gasteiger partial charge in [-0.1, -0.05) is 0 Å². The molecule has 0 aromatic rings. The van der Waals surface area contributed by atoms with Gasteiger partial charge in [0.1, 0.15) is 0 Å². The van der Waals surface area contributed by atoms with Gasteiger partial charge in [-0.3, -0.25) is 4.84 Å². The lowest BCUT2D eigenvalue weighted by Crippen LogP contribution is -2.05. The van der Waals surface area contributed by atoms with Gasteiger partial charge in [0.05, 0.1) is 19.4 Å². The van der Waals surface area contributed by atoms with E-state index in [1.165, 1.54) is 14.2 Å². The van der Waals surface area contributed by atoms with Gasteiger partial charge in [-0.2, -0.15) is 0 Å². The van der Waals surface area contributed by atoms with E-state index in [4.69, 9.17) is 0 Å². The molecule has 0 aliphatic heterocycles. The van der Waals surface area contributed by atoms with Crippen molar-refractivity contribution in [3.05, 3.63) is 4.91 Å². The van der Waals surface area contributed by atoms with E-state index >= 15 is 0 Å². The first kappa shape index (κ1) is 5.36. The van der Waals surface area contributed by atoms with Crippen LogP contribution in [0.4, 0.5) is 0 Å². The molecule has 4 nitrogen and oxygen atoms in total. The molecule has 4 heteroatoms. The molecule has 0 atom stereocenters. The molecule has 0 N–H and O–H groups in total. The van der Waals surface area contributed by atoms with Crippen LogP contribution in [0.25, 0.3) is 0 Å². The zero-order valence-electron chi connectivity index (χ0n) is 3.71. The third-order valence-corrected chi connectivity index (χ3v) is 0.379. The van der Waals surface area contributed by atoms with E-state index < -0.39 is 0 Å². The van der Waals surface area contributed by atoms with Crippen molar-refractivity contribution in [1.82, 2.24) is 5.17 Å². The van der Waals surface area contributed by atoms with Crippen molar-refractivity contribution < 1.29 is 4.84 Å². The second kappa shape index (κ2) is 2.59. The monoisotopic (exact) mass is 90.0 g/mol. The Balaban J connectivity index is 2.96. The van der Waals surface area contributed by atoms with Gasteiger partial charge in [0.15, 0.2) is 0 Å². The summed E-state index contributed by atoms with van der Waals surface area (Å²) in [5.41, 5.74) is 0. The van der Waals surface area contributed by atoms with E-state index in [9.17, 15) is 4.91 Å². The molecular formula is C2H6N2O2. The molecule has 0 rings (SSSR count). The lowest BCUT2D eigenvalue weighted by Gasteiger charge is -1.99. The predicted molar refractivity (Wildman–Crippen MR) is 20.6 cm³/mol. The highest BCUT2D eigenvalue weighted by Crippen LogP contribution is 1.75. The van der Waals surface area contributed by atoms with Crippen molar-refractivity contribution in [3.63, 3.8) is 0 Å². The average Bonchev–Trinajstić information content (AvgIpc) is 1.65. The Bertz CT molecular complexity index is 46.8. The highest BCUT2D eigenvalue weighted by atomic mass is 16.7. The molecule has 0 spiro atoms. The van der Waals surface area contributed by atoms with Crippen LogP contribution in [-0.4, -0.2) is 19.3 Å². The summed E-state index contributed by atoms with van der Waals surface area (Å²) in [4.78, 5) is 13.5. The molecule has 6 heavy (non-hydrogen) atoms. The van der Waals surface area contributed by atoms with E-state index in [-0.39, 0.29) is 0 Å². The minimum Gasteiger partial charge on any atom is -0.258 e. The number of hydroxylamine groups is 1. The van der Waals surface area contributed by atoms with Gasteiger partial charge in [0, 0.05) is 0 Å². The summed E-state index contributed by atoms with van der Waals surface area (Å²) >= 11 is 0. The minimum atomic E-state index is 0.819. The van der Waals surface area contributed by atoms with E-state index in [0.717, 1.165) is 5.17 Å². The summed E-state index contributed by atoms with van der Waals surface area (Å²) in [7, 11) is 2.77. The molecule has 0 heterocycles. The Morgan fingerprint density at radius 1 is 1.83 bits per heavy atom. The zero-order chi connectivity index (χ0) is 4.99. The van der Waals surface area contributed by atoms with Gasteiger partial charge in [0.25, 0.3) is 0 Å². The fourth-order valence-corrected chi connectivity index (χ4v) is 0.0333. The van der Waals surface area contributed by atoms with Crippen molar-refractivity contribution in [2.24, 2.45) is 5.29 Å². The first-order valence-corrected chi connectivity index (χ1v) is 1.42. The van der Waals surface area contributed by atoms with Crippen LogP contribution in [0.5, 0.6) is 0 Å². The molecule has 0 aliphatic carbocycles. The number of nitroso groups, excluding NO2 is 1. The number of hydrogen-bond acceptors (Lipinski definition) is 3. The maximum Gasteiger partial charge on any atom is 0.0786 e. The van der Waals surface area contributed by atoms with Gasteiger partial charge in [-0.25, -0.2) is 0 Å².